The predicted octanol–water partition coefficient (Wildman–Crippen LogP) is 4.29. The van der Waals surface area contributed by atoms with E-state index in [0.717, 1.165) is 33.0 Å². The van der Waals surface area contributed by atoms with E-state index in [4.69, 9.17) is 9.72 Å². The van der Waals surface area contributed by atoms with Crippen molar-refractivity contribution in [1.82, 2.24) is 24.7 Å². The summed E-state index contributed by atoms with van der Waals surface area (Å²) in [4.78, 5) is 10.3. The highest BCUT2D eigenvalue weighted by atomic mass is 32.1. The molecule has 0 aliphatic rings. The molecule has 1 N–H and O–H groups in total. The quantitative estimate of drug-likeness (QED) is 0.504. The third-order valence-corrected chi connectivity index (χ3v) is 5.33. The summed E-state index contributed by atoms with van der Waals surface area (Å²) in [7, 11) is 1.65. The summed E-state index contributed by atoms with van der Waals surface area (Å²) in [5.74, 6) is 2.31. The number of hydrogen-bond acceptors (Lipinski definition) is 7. The summed E-state index contributed by atoms with van der Waals surface area (Å²) in [5.41, 5.74) is 2.27. The molecule has 3 aromatic heterocycles. The Kier molecular flexibility index (Phi) is 5.31. The Labute approximate surface area is 167 Å². The van der Waals surface area contributed by atoms with Crippen molar-refractivity contribution in [3.8, 4) is 11.1 Å². The SMILES string of the molecule is COCc1nc(NCc2nncn2C(C)C)c2c(-c3ccccc3)csc2n1. The van der Waals surface area contributed by atoms with Crippen molar-refractivity contribution in [3.63, 3.8) is 0 Å². The number of anilines is 1. The summed E-state index contributed by atoms with van der Waals surface area (Å²) < 4.78 is 7.30. The van der Waals surface area contributed by atoms with Crippen LogP contribution in [0.4, 0.5) is 5.82 Å². The van der Waals surface area contributed by atoms with Gasteiger partial charge in [-0.15, -0.1) is 21.5 Å². The Morgan fingerprint density at radius 3 is 2.75 bits per heavy atom. The highest BCUT2D eigenvalue weighted by molar-refractivity contribution is 7.17. The normalized spacial score (nSPS) is 11.4. The first-order valence-electron chi connectivity index (χ1n) is 9.12. The standard InChI is InChI=1S/C20H22N6OS/c1-13(2)26-12-22-25-17(26)9-21-19-18-15(14-7-5-4-6-8-14)11-28-20(18)24-16(23-19)10-27-3/h4-8,11-13H,9-10H2,1-3H3,(H,21,23,24). The third-order valence-electron chi connectivity index (χ3n) is 4.46. The van der Waals surface area contributed by atoms with Crippen molar-refractivity contribution in [2.45, 2.75) is 33.0 Å². The monoisotopic (exact) mass is 394 g/mol. The Hall–Kier alpha value is -2.84. The fraction of sp³-hybridized carbons (Fsp3) is 0.300. The van der Waals surface area contributed by atoms with Crippen LogP contribution in [0.3, 0.4) is 0 Å². The Bertz CT molecular complexity index is 1070. The molecular formula is C20H22N6OS. The minimum absolute atomic E-state index is 0.294. The van der Waals surface area contributed by atoms with Gasteiger partial charge in [-0.2, -0.15) is 0 Å². The number of fused-ring (bicyclic) bond motifs is 1. The fourth-order valence-electron chi connectivity index (χ4n) is 3.12. The van der Waals surface area contributed by atoms with Gasteiger partial charge in [0.2, 0.25) is 0 Å². The summed E-state index contributed by atoms with van der Waals surface area (Å²) in [6, 6.07) is 10.6. The van der Waals surface area contributed by atoms with E-state index in [2.05, 4.69) is 51.9 Å². The van der Waals surface area contributed by atoms with Gasteiger partial charge >= 0.3 is 0 Å². The maximum absolute atomic E-state index is 5.25. The minimum Gasteiger partial charge on any atom is -0.377 e. The molecule has 7 nitrogen and oxygen atoms in total. The van der Waals surface area contributed by atoms with Crippen LogP contribution >= 0.6 is 11.3 Å². The second kappa shape index (κ2) is 8.04. The molecule has 4 rings (SSSR count). The third kappa shape index (κ3) is 3.61. The van der Waals surface area contributed by atoms with E-state index in [-0.39, 0.29) is 0 Å². The molecule has 0 amide bonds. The number of methoxy groups -OCH3 is 1. The topological polar surface area (TPSA) is 77.8 Å². The Balaban J connectivity index is 1.76. The molecule has 0 aliphatic carbocycles. The van der Waals surface area contributed by atoms with E-state index < -0.39 is 0 Å². The van der Waals surface area contributed by atoms with Gasteiger partial charge in [0.15, 0.2) is 11.6 Å². The summed E-state index contributed by atoms with van der Waals surface area (Å²) in [5, 5.41) is 14.9. The lowest BCUT2D eigenvalue weighted by molar-refractivity contribution is 0.178. The van der Waals surface area contributed by atoms with Crippen LogP contribution in [0.25, 0.3) is 21.3 Å². The van der Waals surface area contributed by atoms with Gasteiger partial charge in [0, 0.05) is 24.1 Å². The molecule has 4 aromatic rings. The molecule has 28 heavy (non-hydrogen) atoms. The minimum atomic E-state index is 0.294. The van der Waals surface area contributed by atoms with Crippen molar-refractivity contribution in [3.05, 3.63) is 53.7 Å². The zero-order valence-electron chi connectivity index (χ0n) is 16.1. The van der Waals surface area contributed by atoms with E-state index in [0.29, 0.717) is 25.0 Å². The number of aromatic nitrogens is 5. The number of benzene rings is 1. The zero-order chi connectivity index (χ0) is 19.5. The van der Waals surface area contributed by atoms with Gasteiger partial charge in [0.1, 0.15) is 23.6 Å². The van der Waals surface area contributed by atoms with E-state index >= 15 is 0 Å². The maximum Gasteiger partial charge on any atom is 0.158 e. The lowest BCUT2D eigenvalue weighted by Crippen LogP contribution is -2.12. The average molecular weight is 395 g/mol. The van der Waals surface area contributed by atoms with Gasteiger partial charge < -0.3 is 14.6 Å². The molecule has 0 unspecified atom stereocenters. The van der Waals surface area contributed by atoms with Crippen LogP contribution in [0, 0.1) is 0 Å². The van der Waals surface area contributed by atoms with Crippen LogP contribution in [0.1, 0.15) is 31.5 Å². The van der Waals surface area contributed by atoms with Crippen LogP contribution in [0.2, 0.25) is 0 Å². The highest BCUT2D eigenvalue weighted by Crippen LogP contribution is 2.37. The predicted molar refractivity (Wildman–Crippen MR) is 111 cm³/mol. The molecule has 0 spiro atoms. The van der Waals surface area contributed by atoms with Gasteiger partial charge in [0.05, 0.1) is 11.9 Å². The summed E-state index contributed by atoms with van der Waals surface area (Å²) >= 11 is 1.61. The van der Waals surface area contributed by atoms with Gasteiger partial charge in [0.25, 0.3) is 0 Å². The number of nitrogens with one attached hydrogen (secondary N) is 1. The Morgan fingerprint density at radius 1 is 1.18 bits per heavy atom. The molecule has 144 valence electrons. The lowest BCUT2D eigenvalue weighted by Gasteiger charge is -2.13. The first-order chi connectivity index (χ1) is 13.7. The van der Waals surface area contributed by atoms with Crippen LogP contribution in [-0.4, -0.2) is 31.8 Å². The summed E-state index contributed by atoms with van der Waals surface area (Å²) in [6.07, 6.45) is 1.76. The van der Waals surface area contributed by atoms with Crippen LogP contribution < -0.4 is 5.32 Å². The van der Waals surface area contributed by atoms with Crippen LogP contribution in [-0.2, 0) is 17.9 Å². The highest BCUT2D eigenvalue weighted by Gasteiger charge is 2.16. The van der Waals surface area contributed by atoms with E-state index in [9.17, 15) is 0 Å². The van der Waals surface area contributed by atoms with Crippen LogP contribution in [0.15, 0.2) is 42.0 Å². The summed E-state index contributed by atoms with van der Waals surface area (Å²) in [6.45, 7) is 5.11. The van der Waals surface area contributed by atoms with Crippen LogP contribution in [0.5, 0.6) is 0 Å². The van der Waals surface area contributed by atoms with Crippen molar-refractivity contribution < 1.29 is 4.74 Å². The molecule has 0 fully saturated rings. The van der Waals surface area contributed by atoms with Gasteiger partial charge in [-0.05, 0) is 19.4 Å². The Morgan fingerprint density at radius 2 is 2.00 bits per heavy atom. The van der Waals surface area contributed by atoms with Crippen molar-refractivity contribution in [1.29, 1.82) is 0 Å². The molecule has 0 aliphatic heterocycles. The number of hydrogen-bond donors (Lipinski definition) is 1. The first kappa shape index (κ1) is 18.5. The number of nitrogens with zero attached hydrogens (tertiary/aromatic N) is 5. The fourth-order valence-corrected chi connectivity index (χ4v) is 4.09. The van der Waals surface area contributed by atoms with Gasteiger partial charge in [-0.25, -0.2) is 9.97 Å². The second-order valence-electron chi connectivity index (χ2n) is 6.72. The number of ether oxygens (including phenoxy) is 1. The smallest absolute Gasteiger partial charge is 0.158 e. The molecule has 0 saturated heterocycles. The molecule has 0 saturated carbocycles. The molecule has 0 bridgehead atoms. The zero-order valence-corrected chi connectivity index (χ0v) is 16.9. The maximum atomic E-state index is 5.25. The van der Waals surface area contributed by atoms with Crippen molar-refractivity contribution in [2.75, 3.05) is 12.4 Å². The molecular weight excluding hydrogens is 372 g/mol. The number of rotatable bonds is 7. The van der Waals surface area contributed by atoms with E-state index in [1.807, 2.05) is 22.8 Å². The van der Waals surface area contributed by atoms with E-state index in [1.165, 1.54) is 0 Å². The first-order valence-corrected chi connectivity index (χ1v) is 10.00. The van der Waals surface area contributed by atoms with Crippen molar-refractivity contribution in [2.24, 2.45) is 0 Å². The van der Waals surface area contributed by atoms with Gasteiger partial charge in [-0.3, -0.25) is 0 Å². The average Bonchev–Trinajstić information content (AvgIpc) is 3.34. The van der Waals surface area contributed by atoms with Crippen molar-refractivity contribution >= 4 is 27.4 Å². The molecule has 0 radical (unpaired) electrons. The molecule has 3 heterocycles. The number of thiophene rings is 1. The van der Waals surface area contributed by atoms with Gasteiger partial charge in [-0.1, -0.05) is 30.3 Å². The molecule has 1 aromatic carbocycles. The molecule has 8 heteroatoms. The largest absolute Gasteiger partial charge is 0.377 e. The van der Waals surface area contributed by atoms with E-state index in [1.54, 1.807) is 24.8 Å². The lowest BCUT2D eigenvalue weighted by atomic mass is 10.1. The second-order valence-corrected chi connectivity index (χ2v) is 7.58. The molecule has 0 atom stereocenters.